The van der Waals surface area contributed by atoms with Crippen LogP contribution in [0.2, 0.25) is 0 Å². The van der Waals surface area contributed by atoms with Gasteiger partial charge in [0.15, 0.2) is 0 Å². The van der Waals surface area contributed by atoms with Crippen molar-refractivity contribution in [2.24, 2.45) is 0 Å². The van der Waals surface area contributed by atoms with Crippen LogP contribution >= 0.6 is 11.8 Å². The fourth-order valence-corrected chi connectivity index (χ4v) is 3.34. The zero-order valence-electron chi connectivity index (χ0n) is 10.7. The van der Waals surface area contributed by atoms with Gasteiger partial charge in [-0.3, -0.25) is 4.79 Å². The van der Waals surface area contributed by atoms with Gasteiger partial charge >= 0.3 is 0 Å². The molecular weight excluding hydrogens is 279 g/mol. The number of halogens is 1. The molecule has 1 aliphatic carbocycles. The normalized spacial score (nSPS) is 19.2. The minimum absolute atomic E-state index is 0.0953. The molecule has 0 amide bonds. The van der Waals surface area contributed by atoms with Gasteiger partial charge in [0.1, 0.15) is 11.6 Å². The minimum Gasteiger partial charge on any atom is -0.298 e. The maximum Gasteiger partial charge on any atom is 0.214 e. The van der Waals surface area contributed by atoms with Gasteiger partial charge in [0, 0.05) is 6.42 Å². The van der Waals surface area contributed by atoms with Crippen LogP contribution in [0.25, 0.3) is 5.69 Å². The summed E-state index contributed by atoms with van der Waals surface area (Å²) in [6, 6.07) is 6.06. The van der Waals surface area contributed by atoms with Gasteiger partial charge in [-0.1, -0.05) is 24.2 Å². The molecule has 1 atom stereocenters. The maximum atomic E-state index is 13.3. The number of tetrazole rings is 1. The third kappa shape index (κ3) is 2.72. The highest BCUT2D eigenvalue weighted by molar-refractivity contribution is 8.00. The fraction of sp³-hybridized carbons (Fsp3) is 0.385. The van der Waals surface area contributed by atoms with Gasteiger partial charge in [-0.25, -0.2) is 4.39 Å². The topological polar surface area (TPSA) is 60.7 Å². The molecular formula is C13H13FN4OS. The summed E-state index contributed by atoms with van der Waals surface area (Å²) in [5.74, 6) is -0.0993. The number of aromatic nitrogens is 4. The predicted molar refractivity (Wildman–Crippen MR) is 72.2 cm³/mol. The van der Waals surface area contributed by atoms with Crippen LogP contribution in [-0.4, -0.2) is 31.2 Å². The van der Waals surface area contributed by atoms with Crippen molar-refractivity contribution >= 4 is 17.5 Å². The Kier molecular flexibility index (Phi) is 3.77. The largest absolute Gasteiger partial charge is 0.298 e. The lowest BCUT2D eigenvalue weighted by molar-refractivity contribution is -0.119. The van der Waals surface area contributed by atoms with E-state index in [0.717, 1.165) is 19.3 Å². The van der Waals surface area contributed by atoms with E-state index in [-0.39, 0.29) is 16.9 Å². The van der Waals surface area contributed by atoms with E-state index >= 15 is 0 Å². The van der Waals surface area contributed by atoms with Gasteiger partial charge in [-0.2, -0.15) is 4.68 Å². The number of ketones is 1. The Hall–Kier alpha value is -1.76. The molecule has 104 valence electrons. The number of thioether (sulfide) groups is 1. The van der Waals surface area contributed by atoms with Crippen molar-refractivity contribution in [2.45, 2.75) is 36.1 Å². The summed E-state index contributed by atoms with van der Waals surface area (Å²) in [5, 5.41) is 11.9. The van der Waals surface area contributed by atoms with E-state index in [1.165, 1.54) is 28.6 Å². The monoisotopic (exact) mass is 292 g/mol. The van der Waals surface area contributed by atoms with Crippen molar-refractivity contribution in [3.8, 4) is 5.69 Å². The summed E-state index contributed by atoms with van der Waals surface area (Å²) in [5.41, 5.74) is 0.556. The quantitative estimate of drug-likeness (QED) is 0.869. The number of benzene rings is 1. The zero-order chi connectivity index (χ0) is 13.9. The number of rotatable bonds is 3. The lowest BCUT2D eigenvalue weighted by atomic mass is 9.99. The first-order valence-electron chi connectivity index (χ1n) is 6.48. The van der Waals surface area contributed by atoms with Gasteiger partial charge in [0.2, 0.25) is 5.16 Å². The Balaban J connectivity index is 1.85. The smallest absolute Gasteiger partial charge is 0.214 e. The van der Waals surface area contributed by atoms with Crippen molar-refractivity contribution < 1.29 is 9.18 Å². The minimum atomic E-state index is -0.345. The van der Waals surface area contributed by atoms with Crippen LogP contribution < -0.4 is 0 Å². The molecule has 1 aliphatic rings. The Labute approximate surface area is 119 Å². The lowest BCUT2D eigenvalue weighted by Gasteiger charge is -2.18. The Morgan fingerprint density at radius 3 is 3.05 bits per heavy atom. The second-order valence-corrected chi connectivity index (χ2v) is 5.84. The van der Waals surface area contributed by atoms with Crippen LogP contribution in [0, 0.1) is 5.82 Å². The summed E-state index contributed by atoms with van der Waals surface area (Å²) in [6.07, 6.45) is 3.48. The Bertz CT molecular complexity index is 630. The van der Waals surface area contributed by atoms with Crippen molar-refractivity contribution in [3.63, 3.8) is 0 Å². The summed E-state index contributed by atoms with van der Waals surface area (Å²) < 4.78 is 14.7. The van der Waals surface area contributed by atoms with Gasteiger partial charge in [-0.05, 0) is 41.5 Å². The van der Waals surface area contributed by atoms with Crippen LogP contribution in [0.15, 0.2) is 29.4 Å². The first kappa shape index (κ1) is 13.2. The molecule has 0 unspecified atom stereocenters. The molecule has 0 aliphatic heterocycles. The van der Waals surface area contributed by atoms with Crippen LogP contribution in [0.1, 0.15) is 25.7 Å². The summed E-state index contributed by atoms with van der Waals surface area (Å²) in [6.45, 7) is 0. The van der Waals surface area contributed by atoms with E-state index in [0.29, 0.717) is 17.3 Å². The number of nitrogens with zero attached hydrogens (tertiary/aromatic N) is 4. The van der Waals surface area contributed by atoms with E-state index in [1.807, 2.05) is 0 Å². The Morgan fingerprint density at radius 2 is 2.25 bits per heavy atom. The molecule has 1 heterocycles. The number of carbonyl (C=O) groups is 1. The molecule has 1 aromatic heterocycles. The Morgan fingerprint density at radius 1 is 1.35 bits per heavy atom. The summed E-state index contributed by atoms with van der Waals surface area (Å²) >= 11 is 1.36. The van der Waals surface area contributed by atoms with E-state index < -0.39 is 0 Å². The van der Waals surface area contributed by atoms with Crippen LogP contribution in [0.5, 0.6) is 0 Å². The third-order valence-corrected chi connectivity index (χ3v) is 4.49. The molecule has 2 aromatic rings. The maximum absolute atomic E-state index is 13.3. The summed E-state index contributed by atoms with van der Waals surface area (Å²) in [4.78, 5) is 11.9. The predicted octanol–water partition coefficient (Wildman–Crippen LogP) is 2.41. The molecule has 1 aromatic carbocycles. The number of carbonyl (C=O) groups excluding carboxylic acids is 1. The van der Waals surface area contributed by atoms with E-state index in [4.69, 9.17) is 0 Å². The molecule has 5 nitrogen and oxygen atoms in total. The van der Waals surface area contributed by atoms with Crippen molar-refractivity contribution in [3.05, 3.63) is 30.1 Å². The molecule has 0 bridgehead atoms. The molecule has 3 rings (SSSR count). The molecule has 1 saturated carbocycles. The molecule has 0 saturated heterocycles. The van der Waals surface area contributed by atoms with Gasteiger partial charge in [-0.15, -0.1) is 5.10 Å². The first-order valence-corrected chi connectivity index (χ1v) is 7.36. The van der Waals surface area contributed by atoms with Crippen molar-refractivity contribution in [2.75, 3.05) is 0 Å². The SMILES string of the molecule is O=C1CCCC[C@H]1Sc1nnnn1-c1cccc(F)c1. The zero-order valence-corrected chi connectivity index (χ0v) is 11.5. The highest BCUT2D eigenvalue weighted by Gasteiger charge is 2.25. The van der Waals surface area contributed by atoms with Gasteiger partial charge in [0.25, 0.3) is 0 Å². The average Bonchev–Trinajstić information content (AvgIpc) is 2.90. The third-order valence-electron chi connectivity index (χ3n) is 3.24. The molecule has 0 spiro atoms. The standard InChI is InChI=1S/C13H13FN4OS/c14-9-4-3-5-10(8-9)18-13(15-16-17-18)20-12-7-2-1-6-11(12)19/h3-5,8,12H,1-2,6-7H2/t12-/m1/s1. The molecule has 0 radical (unpaired) electrons. The van der Waals surface area contributed by atoms with Crippen LogP contribution in [-0.2, 0) is 4.79 Å². The van der Waals surface area contributed by atoms with Crippen molar-refractivity contribution in [1.29, 1.82) is 0 Å². The second-order valence-electron chi connectivity index (χ2n) is 4.67. The van der Waals surface area contributed by atoms with E-state index in [2.05, 4.69) is 15.5 Å². The van der Waals surface area contributed by atoms with E-state index in [9.17, 15) is 9.18 Å². The van der Waals surface area contributed by atoms with Crippen LogP contribution in [0.3, 0.4) is 0 Å². The molecule has 20 heavy (non-hydrogen) atoms. The second kappa shape index (κ2) is 5.70. The number of Topliss-reactive ketones (excluding diaryl/α,β-unsaturated/α-hetero) is 1. The highest BCUT2D eigenvalue weighted by atomic mass is 32.2. The average molecular weight is 292 g/mol. The molecule has 0 N–H and O–H groups in total. The highest BCUT2D eigenvalue weighted by Crippen LogP contribution is 2.31. The van der Waals surface area contributed by atoms with Gasteiger partial charge in [0.05, 0.1) is 10.9 Å². The lowest BCUT2D eigenvalue weighted by Crippen LogP contribution is -2.21. The van der Waals surface area contributed by atoms with Crippen LogP contribution in [0.4, 0.5) is 4.39 Å². The first-order chi connectivity index (χ1) is 9.74. The van der Waals surface area contributed by atoms with Crippen molar-refractivity contribution in [1.82, 2.24) is 20.2 Å². The summed E-state index contributed by atoms with van der Waals surface area (Å²) in [7, 11) is 0. The molecule has 7 heteroatoms. The molecule has 1 fully saturated rings. The number of hydrogen-bond donors (Lipinski definition) is 0. The van der Waals surface area contributed by atoms with Gasteiger partial charge < -0.3 is 0 Å². The fourth-order valence-electron chi connectivity index (χ4n) is 2.23. The van der Waals surface area contributed by atoms with E-state index in [1.54, 1.807) is 12.1 Å². The number of hydrogen-bond acceptors (Lipinski definition) is 5.